The van der Waals surface area contributed by atoms with Gasteiger partial charge in [0.25, 0.3) is 0 Å². The fourth-order valence-corrected chi connectivity index (χ4v) is 2.00. The summed E-state index contributed by atoms with van der Waals surface area (Å²) in [5, 5.41) is 6.14. The topological polar surface area (TPSA) is 41.1 Å². The van der Waals surface area contributed by atoms with E-state index in [0.29, 0.717) is 6.54 Å². The number of rotatable bonds is 3. The molecule has 1 heterocycles. The number of hydrogen-bond donors (Lipinski definition) is 2. The van der Waals surface area contributed by atoms with Crippen LogP contribution in [0.1, 0.15) is 18.1 Å². The molecule has 17 heavy (non-hydrogen) atoms. The summed E-state index contributed by atoms with van der Waals surface area (Å²) < 4.78 is 0. The second-order valence-corrected chi connectivity index (χ2v) is 4.58. The van der Waals surface area contributed by atoms with Gasteiger partial charge in [-0.05, 0) is 24.5 Å². The third-order valence-corrected chi connectivity index (χ3v) is 2.96. The minimum absolute atomic E-state index is 0.0579. The maximum atomic E-state index is 11.9. The van der Waals surface area contributed by atoms with Gasteiger partial charge in [0.05, 0.1) is 6.04 Å². The number of nitrogens with one attached hydrogen (secondary N) is 2. The minimum Gasteiger partial charge on any atom is -0.351 e. The molecule has 0 unspecified atom stereocenters. The zero-order valence-corrected chi connectivity index (χ0v) is 10.1. The van der Waals surface area contributed by atoms with E-state index in [4.69, 9.17) is 0 Å². The number of fused-ring (bicyclic) bond motifs is 1. The molecule has 0 saturated heterocycles. The number of amides is 1. The first-order chi connectivity index (χ1) is 8.16. The van der Waals surface area contributed by atoms with Gasteiger partial charge in [0.1, 0.15) is 0 Å². The van der Waals surface area contributed by atoms with E-state index < -0.39 is 0 Å². The third-order valence-electron chi connectivity index (χ3n) is 2.96. The van der Waals surface area contributed by atoms with E-state index in [9.17, 15) is 4.79 Å². The standard InChI is InChI=1S/C14H18N2O/c1-10(2)8-16-14(17)13-7-11-5-3-4-6-12(11)9-15-13/h3-6,13,15H,1,7-9H2,2H3,(H,16,17)/t13-/m1/s1. The molecule has 90 valence electrons. The molecular formula is C14H18N2O. The van der Waals surface area contributed by atoms with Crippen LogP contribution in [0.2, 0.25) is 0 Å². The van der Waals surface area contributed by atoms with Crippen LogP contribution < -0.4 is 10.6 Å². The largest absolute Gasteiger partial charge is 0.351 e. The molecule has 3 heteroatoms. The van der Waals surface area contributed by atoms with E-state index in [0.717, 1.165) is 18.5 Å². The first kappa shape index (κ1) is 11.9. The molecule has 1 amide bonds. The highest BCUT2D eigenvalue weighted by atomic mass is 16.2. The first-order valence-corrected chi connectivity index (χ1v) is 5.89. The van der Waals surface area contributed by atoms with Crippen molar-refractivity contribution >= 4 is 5.91 Å². The van der Waals surface area contributed by atoms with Gasteiger partial charge in [0.2, 0.25) is 5.91 Å². The Morgan fingerprint density at radius 1 is 1.47 bits per heavy atom. The molecular weight excluding hydrogens is 212 g/mol. The SMILES string of the molecule is C=C(C)CNC(=O)[C@H]1Cc2ccccc2CN1. The predicted octanol–water partition coefficient (Wildman–Crippen LogP) is 1.39. The number of benzene rings is 1. The Morgan fingerprint density at radius 2 is 2.18 bits per heavy atom. The van der Waals surface area contributed by atoms with Crippen LogP contribution in [0.25, 0.3) is 0 Å². The summed E-state index contributed by atoms with van der Waals surface area (Å²) in [4.78, 5) is 11.9. The van der Waals surface area contributed by atoms with Gasteiger partial charge >= 0.3 is 0 Å². The molecule has 0 saturated carbocycles. The van der Waals surface area contributed by atoms with Crippen LogP contribution >= 0.6 is 0 Å². The van der Waals surface area contributed by atoms with Crippen molar-refractivity contribution in [3.05, 3.63) is 47.5 Å². The first-order valence-electron chi connectivity index (χ1n) is 5.89. The van der Waals surface area contributed by atoms with Gasteiger partial charge in [-0.15, -0.1) is 0 Å². The Hall–Kier alpha value is -1.61. The summed E-state index contributed by atoms with van der Waals surface area (Å²) in [5.74, 6) is 0.0579. The Kier molecular flexibility index (Phi) is 3.59. The van der Waals surface area contributed by atoms with Crippen LogP contribution in [0.5, 0.6) is 0 Å². The molecule has 1 aromatic rings. The van der Waals surface area contributed by atoms with Crippen LogP contribution in [-0.2, 0) is 17.8 Å². The van der Waals surface area contributed by atoms with Gasteiger partial charge in [-0.2, -0.15) is 0 Å². The summed E-state index contributed by atoms with van der Waals surface area (Å²) in [5.41, 5.74) is 3.52. The van der Waals surface area contributed by atoms with Gasteiger partial charge in [0.15, 0.2) is 0 Å². The number of hydrogen-bond acceptors (Lipinski definition) is 2. The van der Waals surface area contributed by atoms with Crippen molar-refractivity contribution in [1.29, 1.82) is 0 Å². The average Bonchev–Trinajstić information content (AvgIpc) is 2.35. The van der Waals surface area contributed by atoms with E-state index in [-0.39, 0.29) is 11.9 Å². The highest BCUT2D eigenvalue weighted by Gasteiger charge is 2.23. The molecule has 0 spiro atoms. The summed E-state index contributed by atoms with van der Waals surface area (Å²) >= 11 is 0. The Labute approximate surface area is 102 Å². The van der Waals surface area contributed by atoms with E-state index in [1.54, 1.807) is 0 Å². The molecule has 1 aliphatic heterocycles. The smallest absolute Gasteiger partial charge is 0.237 e. The van der Waals surface area contributed by atoms with Crippen molar-refractivity contribution < 1.29 is 4.79 Å². The van der Waals surface area contributed by atoms with Crippen LogP contribution in [0, 0.1) is 0 Å². The fourth-order valence-electron chi connectivity index (χ4n) is 2.00. The normalized spacial score (nSPS) is 18.3. The van der Waals surface area contributed by atoms with Gasteiger partial charge < -0.3 is 10.6 Å². The fraction of sp³-hybridized carbons (Fsp3) is 0.357. The predicted molar refractivity (Wildman–Crippen MR) is 68.6 cm³/mol. The zero-order valence-electron chi connectivity index (χ0n) is 10.1. The van der Waals surface area contributed by atoms with Crippen molar-refractivity contribution in [3.63, 3.8) is 0 Å². The van der Waals surface area contributed by atoms with Crippen LogP contribution in [0.3, 0.4) is 0 Å². The Balaban J connectivity index is 1.97. The molecule has 3 nitrogen and oxygen atoms in total. The quantitative estimate of drug-likeness (QED) is 0.771. The second kappa shape index (κ2) is 5.15. The van der Waals surface area contributed by atoms with Crippen LogP contribution in [0.4, 0.5) is 0 Å². The Morgan fingerprint density at radius 3 is 2.88 bits per heavy atom. The maximum absolute atomic E-state index is 11.9. The summed E-state index contributed by atoms with van der Waals surface area (Å²) in [7, 11) is 0. The van der Waals surface area contributed by atoms with E-state index in [1.807, 2.05) is 19.1 Å². The highest BCUT2D eigenvalue weighted by Crippen LogP contribution is 2.16. The molecule has 2 N–H and O–H groups in total. The molecule has 0 aliphatic carbocycles. The molecule has 1 aliphatic rings. The van der Waals surface area contributed by atoms with E-state index in [1.165, 1.54) is 11.1 Å². The van der Waals surface area contributed by atoms with Crippen molar-refractivity contribution in [2.45, 2.75) is 25.9 Å². The lowest BCUT2D eigenvalue weighted by molar-refractivity contribution is -0.123. The highest BCUT2D eigenvalue weighted by molar-refractivity contribution is 5.82. The molecule has 1 atom stereocenters. The van der Waals surface area contributed by atoms with Crippen molar-refractivity contribution in [2.75, 3.05) is 6.54 Å². The van der Waals surface area contributed by atoms with Crippen molar-refractivity contribution in [1.82, 2.24) is 10.6 Å². The van der Waals surface area contributed by atoms with Gasteiger partial charge in [-0.3, -0.25) is 4.79 Å². The number of carbonyl (C=O) groups excluding carboxylic acids is 1. The van der Waals surface area contributed by atoms with Gasteiger partial charge in [-0.1, -0.05) is 36.4 Å². The lowest BCUT2D eigenvalue weighted by Crippen LogP contribution is -2.47. The van der Waals surface area contributed by atoms with Crippen LogP contribution in [0.15, 0.2) is 36.4 Å². The molecule has 2 rings (SSSR count). The van der Waals surface area contributed by atoms with E-state index in [2.05, 4.69) is 29.3 Å². The zero-order chi connectivity index (χ0) is 12.3. The van der Waals surface area contributed by atoms with Gasteiger partial charge in [-0.25, -0.2) is 0 Å². The number of carbonyl (C=O) groups is 1. The summed E-state index contributed by atoms with van der Waals surface area (Å²) in [6, 6.07) is 8.12. The third kappa shape index (κ3) is 2.94. The molecule has 0 aromatic heterocycles. The summed E-state index contributed by atoms with van der Waals surface area (Å²) in [6.45, 7) is 7.00. The summed E-state index contributed by atoms with van der Waals surface area (Å²) in [6.07, 6.45) is 0.762. The Bertz CT molecular complexity index is 440. The van der Waals surface area contributed by atoms with Crippen molar-refractivity contribution in [3.8, 4) is 0 Å². The molecule has 0 radical (unpaired) electrons. The molecule has 0 fully saturated rings. The van der Waals surface area contributed by atoms with E-state index >= 15 is 0 Å². The minimum atomic E-state index is -0.121. The second-order valence-electron chi connectivity index (χ2n) is 4.58. The van der Waals surface area contributed by atoms with Crippen molar-refractivity contribution in [2.24, 2.45) is 0 Å². The lowest BCUT2D eigenvalue weighted by atomic mass is 9.95. The van der Waals surface area contributed by atoms with Crippen LogP contribution in [-0.4, -0.2) is 18.5 Å². The lowest BCUT2D eigenvalue weighted by Gasteiger charge is -2.25. The molecule has 0 bridgehead atoms. The average molecular weight is 230 g/mol. The van der Waals surface area contributed by atoms with Gasteiger partial charge in [0, 0.05) is 13.1 Å². The molecule has 1 aromatic carbocycles. The maximum Gasteiger partial charge on any atom is 0.237 e. The monoisotopic (exact) mass is 230 g/mol.